The molecule has 0 aliphatic carbocycles. The minimum Gasteiger partial charge on any atom is -0.339 e. The van der Waals surface area contributed by atoms with Crippen LogP contribution in [0.5, 0.6) is 0 Å². The van der Waals surface area contributed by atoms with Gasteiger partial charge in [-0.05, 0) is 43.5 Å². The van der Waals surface area contributed by atoms with E-state index < -0.39 is 10.0 Å². The maximum atomic E-state index is 12.7. The Balaban J connectivity index is 1.71. The number of aryl methyl sites for hydroxylation is 2. The normalized spacial score (nSPS) is 18.7. The molecule has 9 heteroatoms. The average Bonchev–Trinajstić information content (AvgIpc) is 3.05. The zero-order valence-electron chi connectivity index (χ0n) is 14.6. The number of nitrogens with one attached hydrogen (secondary N) is 1. The van der Waals surface area contributed by atoms with E-state index in [1.165, 1.54) is 16.8 Å². The van der Waals surface area contributed by atoms with E-state index in [0.717, 1.165) is 10.0 Å². The summed E-state index contributed by atoms with van der Waals surface area (Å²) in [5.41, 5.74) is 1.73. The largest absolute Gasteiger partial charge is 0.339 e. The van der Waals surface area contributed by atoms with E-state index in [-0.39, 0.29) is 23.4 Å². The Morgan fingerprint density at radius 3 is 2.81 bits per heavy atom. The summed E-state index contributed by atoms with van der Waals surface area (Å²) in [6.45, 7) is 2.52. The van der Waals surface area contributed by atoms with E-state index in [0.29, 0.717) is 25.1 Å². The van der Waals surface area contributed by atoms with Crippen molar-refractivity contribution >= 4 is 37.5 Å². The molecule has 7 nitrogen and oxygen atoms in total. The van der Waals surface area contributed by atoms with E-state index in [4.69, 9.17) is 0 Å². The van der Waals surface area contributed by atoms with Gasteiger partial charge in [0.25, 0.3) is 10.0 Å². The third kappa shape index (κ3) is 3.99. The number of hydrogen-bond donors (Lipinski definition) is 1. The third-order valence-electron chi connectivity index (χ3n) is 4.47. The van der Waals surface area contributed by atoms with Crippen LogP contribution in [0.1, 0.15) is 18.4 Å². The highest BCUT2D eigenvalue weighted by Crippen LogP contribution is 2.25. The zero-order chi connectivity index (χ0) is 18.9. The smallest absolute Gasteiger partial charge is 0.262 e. The van der Waals surface area contributed by atoms with Crippen molar-refractivity contribution in [2.45, 2.75) is 24.8 Å². The first-order valence-corrected chi connectivity index (χ1v) is 10.6. The van der Waals surface area contributed by atoms with Crippen LogP contribution in [-0.4, -0.2) is 41.3 Å². The molecule has 1 aliphatic rings. The maximum absolute atomic E-state index is 12.7. The quantitative estimate of drug-likeness (QED) is 0.791. The number of amides is 1. The van der Waals surface area contributed by atoms with Crippen molar-refractivity contribution in [1.29, 1.82) is 0 Å². The first kappa shape index (κ1) is 19.1. The van der Waals surface area contributed by atoms with Crippen LogP contribution in [0.3, 0.4) is 0 Å². The van der Waals surface area contributed by atoms with Crippen LogP contribution in [0.2, 0.25) is 0 Å². The molecule has 0 unspecified atom stereocenters. The number of rotatable bonds is 4. The van der Waals surface area contributed by atoms with Gasteiger partial charge in [0.05, 0.1) is 12.2 Å². The average molecular weight is 441 g/mol. The maximum Gasteiger partial charge on any atom is 0.262 e. The van der Waals surface area contributed by atoms with E-state index in [2.05, 4.69) is 26.2 Å². The minimum absolute atomic E-state index is 0.0181. The summed E-state index contributed by atoms with van der Waals surface area (Å²) in [5.74, 6) is -0.543. The van der Waals surface area contributed by atoms with Gasteiger partial charge in [0, 0.05) is 36.5 Å². The van der Waals surface area contributed by atoms with E-state index in [1.54, 1.807) is 11.6 Å². The highest BCUT2D eigenvalue weighted by Gasteiger charge is 2.34. The van der Waals surface area contributed by atoms with E-state index in [9.17, 15) is 13.2 Å². The summed E-state index contributed by atoms with van der Waals surface area (Å²) in [7, 11) is -1.96. The first-order chi connectivity index (χ1) is 12.3. The highest BCUT2D eigenvalue weighted by molar-refractivity contribution is 9.10. The molecule has 2 heterocycles. The molecule has 1 aliphatic heterocycles. The molecule has 0 radical (unpaired) electrons. The number of benzene rings is 1. The van der Waals surface area contributed by atoms with Crippen molar-refractivity contribution < 1.29 is 13.2 Å². The summed E-state index contributed by atoms with van der Waals surface area (Å²) in [4.78, 5) is 16.6. The minimum atomic E-state index is -3.68. The van der Waals surface area contributed by atoms with Gasteiger partial charge >= 0.3 is 0 Å². The monoisotopic (exact) mass is 440 g/mol. The van der Waals surface area contributed by atoms with Gasteiger partial charge in [-0.1, -0.05) is 15.9 Å². The van der Waals surface area contributed by atoms with Gasteiger partial charge in [-0.15, -0.1) is 0 Å². The molecular weight excluding hydrogens is 420 g/mol. The first-order valence-electron chi connectivity index (χ1n) is 8.32. The highest BCUT2D eigenvalue weighted by atomic mass is 79.9. The standard InChI is InChI=1S/C17H21BrN4O3S/c1-12-8-14(5-6-15(12)18)20-17(23)13-4-3-7-22(9-13)26(24,25)16-10-21(2)11-19-16/h5-6,8,10-11,13H,3-4,7,9H2,1-2H3,(H,20,23)/t13-/m0/s1. The number of piperidine rings is 1. The number of hydrogen-bond acceptors (Lipinski definition) is 4. The lowest BCUT2D eigenvalue weighted by Crippen LogP contribution is -2.43. The van der Waals surface area contributed by atoms with Crippen molar-refractivity contribution in [1.82, 2.24) is 13.9 Å². The Bertz CT molecular complexity index is 926. The number of sulfonamides is 1. The summed E-state index contributed by atoms with van der Waals surface area (Å²) < 4.78 is 29.4. The fourth-order valence-electron chi connectivity index (χ4n) is 3.00. The van der Waals surface area contributed by atoms with Gasteiger partial charge in [0.2, 0.25) is 5.91 Å². The molecule has 1 amide bonds. The third-order valence-corrected chi connectivity index (χ3v) is 7.11. The van der Waals surface area contributed by atoms with Crippen LogP contribution < -0.4 is 5.32 Å². The topological polar surface area (TPSA) is 84.3 Å². The number of anilines is 1. The van der Waals surface area contributed by atoms with Crippen molar-refractivity contribution in [2.24, 2.45) is 13.0 Å². The summed E-state index contributed by atoms with van der Waals surface area (Å²) >= 11 is 3.43. The predicted octanol–water partition coefficient (Wildman–Crippen LogP) is 2.53. The molecule has 1 aromatic carbocycles. The van der Waals surface area contributed by atoms with Crippen LogP contribution in [0, 0.1) is 12.8 Å². The number of halogens is 1. The number of carbonyl (C=O) groups is 1. The van der Waals surface area contributed by atoms with Crippen molar-refractivity contribution in [2.75, 3.05) is 18.4 Å². The summed E-state index contributed by atoms with van der Waals surface area (Å²) in [6.07, 6.45) is 4.24. The van der Waals surface area contributed by atoms with Crippen molar-refractivity contribution in [3.63, 3.8) is 0 Å². The van der Waals surface area contributed by atoms with Crippen molar-refractivity contribution in [3.05, 3.63) is 40.8 Å². The summed E-state index contributed by atoms with van der Waals surface area (Å²) in [5, 5.41) is 2.91. The molecule has 1 N–H and O–H groups in total. The lowest BCUT2D eigenvalue weighted by molar-refractivity contribution is -0.120. The Hall–Kier alpha value is -1.71. The van der Waals surface area contributed by atoms with Gasteiger partial charge in [-0.2, -0.15) is 4.31 Å². The SMILES string of the molecule is Cc1cc(NC(=O)[C@H]2CCCN(S(=O)(=O)c3cn(C)cn3)C2)ccc1Br. The van der Waals surface area contributed by atoms with Crippen molar-refractivity contribution in [3.8, 4) is 0 Å². The fourth-order valence-corrected chi connectivity index (χ4v) is 4.73. The van der Waals surface area contributed by atoms with Gasteiger partial charge in [0.15, 0.2) is 5.03 Å². The molecular formula is C17H21BrN4O3S. The Morgan fingerprint density at radius 2 is 2.15 bits per heavy atom. The van der Waals surface area contributed by atoms with Crippen LogP contribution in [0.4, 0.5) is 5.69 Å². The summed E-state index contributed by atoms with van der Waals surface area (Å²) in [6, 6.07) is 5.58. The molecule has 2 aromatic rings. The zero-order valence-corrected chi connectivity index (χ0v) is 17.0. The number of carbonyl (C=O) groups excluding carboxylic acids is 1. The Morgan fingerprint density at radius 1 is 1.38 bits per heavy atom. The van der Waals surface area contributed by atoms with Gasteiger partial charge in [-0.25, -0.2) is 13.4 Å². The lowest BCUT2D eigenvalue weighted by atomic mass is 9.98. The van der Waals surface area contributed by atoms with Gasteiger partial charge < -0.3 is 9.88 Å². The second kappa shape index (κ2) is 7.50. The molecule has 0 bridgehead atoms. The number of imidazole rings is 1. The molecule has 140 valence electrons. The molecule has 0 saturated carbocycles. The van der Waals surface area contributed by atoms with Crippen LogP contribution in [0.25, 0.3) is 0 Å². The van der Waals surface area contributed by atoms with Gasteiger partial charge in [-0.3, -0.25) is 4.79 Å². The van der Waals surface area contributed by atoms with Crippen LogP contribution in [0.15, 0.2) is 40.2 Å². The van der Waals surface area contributed by atoms with Gasteiger partial charge in [0.1, 0.15) is 0 Å². The fraction of sp³-hybridized carbons (Fsp3) is 0.412. The number of aromatic nitrogens is 2. The van der Waals surface area contributed by atoms with E-state index in [1.807, 2.05) is 25.1 Å². The molecule has 1 aromatic heterocycles. The Labute approximate surface area is 161 Å². The molecule has 1 atom stereocenters. The number of nitrogens with zero attached hydrogens (tertiary/aromatic N) is 3. The van der Waals surface area contributed by atoms with Crippen LogP contribution >= 0.6 is 15.9 Å². The molecule has 0 spiro atoms. The molecule has 1 saturated heterocycles. The molecule has 26 heavy (non-hydrogen) atoms. The van der Waals surface area contributed by atoms with Crippen LogP contribution in [-0.2, 0) is 21.9 Å². The van der Waals surface area contributed by atoms with E-state index >= 15 is 0 Å². The predicted molar refractivity (Wildman–Crippen MR) is 102 cm³/mol. The lowest BCUT2D eigenvalue weighted by Gasteiger charge is -2.30. The second-order valence-corrected chi connectivity index (χ2v) is 9.27. The second-order valence-electron chi connectivity index (χ2n) is 6.53. The Kier molecular flexibility index (Phi) is 5.50. The molecule has 3 rings (SSSR count). The molecule has 1 fully saturated rings.